The maximum atomic E-state index is 11.9. The van der Waals surface area contributed by atoms with Gasteiger partial charge in [0.25, 0.3) is 0 Å². The van der Waals surface area contributed by atoms with Crippen molar-refractivity contribution in [3.05, 3.63) is 59.7 Å². The van der Waals surface area contributed by atoms with Gasteiger partial charge in [-0.3, -0.25) is 4.79 Å². The molecule has 0 aliphatic rings. The Hall–Kier alpha value is -2.49. The Labute approximate surface area is 144 Å². The molecule has 0 unspecified atom stereocenters. The first-order valence-electron chi connectivity index (χ1n) is 8.24. The van der Waals surface area contributed by atoms with Crippen LogP contribution in [0.4, 0.5) is 5.69 Å². The number of aryl methyl sites for hydroxylation is 1. The molecule has 0 bridgehead atoms. The first-order valence-corrected chi connectivity index (χ1v) is 8.24. The first-order chi connectivity index (χ1) is 11.6. The van der Waals surface area contributed by atoms with E-state index in [0.29, 0.717) is 13.0 Å². The van der Waals surface area contributed by atoms with Crippen LogP contribution in [0.25, 0.3) is 0 Å². The molecular formula is C20H26N2O2. The van der Waals surface area contributed by atoms with Gasteiger partial charge in [-0.2, -0.15) is 0 Å². The number of methoxy groups -OCH3 is 1. The summed E-state index contributed by atoms with van der Waals surface area (Å²) in [7, 11) is 5.70. The Balaban J connectivity index is 1.68. The minimum atomic E-state index is 0.0584. The van der Waals surface area contributed by atoms with Gasteiger partial charge in [-0.15, -0.1) is 0 Å². The number of carbonyl (C=O) groups is 1. The predicted octanol–water partition coefficient (Wildman–Crippen LogP) is 3.05. The molecule has 0 spiro atoms. The summed E-state index contributed by atoms with van der Waals surface area (Å²) in [5.41, 5.74) is 3.49. The van der Waals surface area contributed by atoms with Crippen LogP contribution in [0.1, 0.15) is 17.5 Å². The maximum absolute atomic E-state index is 11.9. The van der Waals surface area contributed by atoms with E-state index in [2.05, 4.69) is 34.5 Å². The summed E-state index contributed by atoms with van der Waals surface area (Å²) in [6.07, 6.45) is 2.31. The highest BCUT2D eigenvalue weighted by atomic mass is 16.5. The second kappa shape index (κ2) is 8.96. The summed E-state index contributed by atoms with van der Waals surface area (Å²) >= 11 is 0. The molecule has 0 fully saturated rings. The quantitative estimate of drug-likeness (QED) is 0.758. The van der Waals surface area contributed by atoms with E-state index >= 15 is 0 Å². The molecule has 1 amide bonds. The third-order valence-electron chi connectivity index (χ3n) is 3.94. The third kappa shape index (κ3) is 5.61. The summed E-state index contributed by atoms with van der Waals surface area (Å²) in [4.78, 5) is 14.0. The highest BCUT2D eigenvalue weighted by molar-refractivity contribution is 5.78. The molecule has 2 rings (SSSR count). The third-order valence-corrected chi connectivity index (χ3v) is 3.94. The van der Waals surface area contributed by atoms with E-state index in [4.69, 9.17) is 4.74 Å². The average molecular weight is 326 g/mol. The Morgan fingerprint density at radius 3 is 2.21 bits per heavy atom. The van der Waals surface area contributed by atoms with Gasteiger partial charge in [-0.25, -0.2) is 0 Å². The van der Waals surface area contributed by atoms with Crippen molar-refractivity contribution in [1.29, 1.82) is 0 Å². The molecule has 0 atom stereocenters. The minimum Gasteiger partial charge on any atom is -0.497 e. The number of nitrogens with one attached hydrogen (secondary N) is 1. The number of hydrogen-bond acceptors (Lipinski definition) is 3. The van der Waals surface area contributed by atoms with E-state index in [9.17, 15) is 4.79 Å². The van der Waals surface area contributed by atoms with Crippen LogP contribution in [0.5, 0.6) is 5.75 Å². The highest BCUT2D eigenvalue weighted by Gasteiger charge is 2.03. The largest absolute Gasteiger partial charge is 0.497 e. The van der Waals surface area contributed by atoms with E-state index < -0.39 is 0 Å². The lowest BCUT2D eigenvalue weighted by Gasteiger charge is -2.12. The fourth-order valence-electron chi connectivity index (χ4n) is 2.47. The molecule has 128 valence electrons. The Morgan fingerprint density at radius 2 is 1.62 bits per heavy atom. The van der Waals surface area contributed by atoms with Crippen LogP contribution in [-0.4, -0.2) is 33.7 Å². The van der Waals surface area contributed by atoms with Crippen LogP contribution in [0, 0.1) is 0 Å². The highest BCUT2D eigenvalue weighted by Crippen LogP contribution is 2.13. The molecule has 0 radical (unpaired) electrons. The van der Waals surface area contributed by atoms with Crippen molar-refractivity contribution in [1.82, 2.24) is 5.32 Å². The van der Waals surface area contributed by atoms with Crippen LogP contribution >= 0.6 is 0 Å². The summed E-state index contributed by atoms with van der Waals surface area (Å²) in [5, 5.41) is 2.98. The van der Waals surface area contributed by atoms with Crippen molar-refractivity contribution >= 4 is 11.6 Å². The molecule has 0 aliphatic carbocycles. The number of carbonyl (C=O) groups excluding carboxylic acids is 1. The average Bonchev–Trinajstić information content (AvgIpc) is 2.60. The molecule has 4 nitrogen and oxygen atoms in total. The number of benzene rings is 2. The number of rotatable bonds is 8. The Morgan fingerprint density at radius 1 is 1.00 bits per heavy atom. The molecule has 2 aromatic carbocycles. The van der Waals surface area contributed by atoms with Gasteiger partial charge in [0.05, 0.1) is 13.5 Å². The zero-order valence-electron chi connectivity index (χ0n) is 14.7. The Kier molecular flexibility index (Phi) is 6.67. The number of ether oxygens (including phenoxy) is 1. The normalized spacial score (nSPS) is 10.3. The second-order valence-corrected chi connectivity index (χ2v) is 6.04. The first kappa shape index (κ1) is 17.9. The van der Waals surface area contributed by atoms with Gasteiger partial charge in [0.2, 0.25) is 5.91 Å². The number of anilines is 1. The number of hydrogen-bond donors (Lipinski definition) is 1. The van der Waals surface area contributed by atoms with E-state index in [0.717, 1.165) is 24.2 Å². The van der Waals surface area contributed by atoms with Crippen LogP contribution in [0.3, 0.4) is 0 Å². The van der Waals surface area contributed by atoms with Crippen molar-refractivity contribution in [2.75, 3.05) is 32.6 Å². The zero-order valence-corrected chi connectivity index (χ0v) is 14.7. The fraction of sp³-hybridized carbons (Fsp3) is 0.350. The topological polar surface area (TPSA) is 41.6 Å². The van der Waals surface area contributed by atoms with Gasteiger partial charge in [0.1, 0.15) is 5.75 Å². The van der Waals surface area contributed by atoms with Gasteiger partial charge in [0.15, 0.2) is 0 Å². The molecule has 0 saturated carbocycles. The van der Waals surface area contributed by atoms with Crippen LogP contribution in [-0.2, 0) is 17.6 Å². The van der Waals surface area contributed by atoms with E-state index in [1.165, 1.54) is 11.3 Å². The molecule has 1 N–H and O–H groups in total. The van der Waals surface area contributed by atoms with Gasteiger partial charge in [0, 0.05) is 26.3 Å². The zero-order chi connectivity index (χ0) is 17.4. The smallest absolute Gasteiger partial charge is 0.224 e. The molecule has 4 heteroatoms. The summed E-state index contributed by atoms with van der Waals surface area (Å²) in [6, 6.07) is 16.1. The van der Waals surface area contributed by atoms with E-state index in [1.807, 2.05) is 38.4 Å². The summed E-state index contributed by atoms with van der Waals surface area (Å²) in [6.45, 7) is 0.699. The lowest BCUT2D eigenvalue weighted by molar-refractivity contribution is -0.120. The van der Waals surface area contributed by atoms with Gasteiger partial charge in [-0.1, -0.05) is 24.3 Å². The van der Waals surface area contributed by atoms with Crippen molar-refractivity contribution in [2.24, 2.45) is 0 Å². The fourth-order valence-corrected chi connectivity index (χ4v) is 2.47. The van der Waals surface area contributed by atoms with Gasteiger partial charge < -0.3 is 15.0 Å². The van der Waals surface area contributed by atoms with Crippen molar-refractivity contribution < 1.29 is 9.53 Å². The Bertz CT molecular complexity index is 634. The van der Waals surface area contributed by atoms with Gasteiger partial charge in [-0.05, 0) is 48.2 Å². The molecule has 0 aromatic heterocycles. The predicted molar refractivity (Wildman–Crippen MR) is 98.8 cm³/mol. The monoisotopic (exact) mass is 326 g/mol. The second-order valence-electron chi connectivity index (χ2n) is 6.04. The molecule has 2 aromatic rings. The van der Waals surface area contributed by atoms with Crippen LogP contribution in [0.15, 0.2) is 48.5 Å². The minimum absolute atomic E-state index is 0.0584. The summed E-state index contributed by atoms with van der Waals surface area (Å²) in [5.74, 6) is 0.863. The summed E-state index contributed by atoms with van der Waals surface area (Å²) < 4.78 is 5.11. The molecule has 0 saturated heterocycles. The SMILES string of the molecule is COc1ccc(CC(=O)NCCCc2ccc(N(C)C)cc2)cc1. The molecule has 24 heavy (non-hydrogen) atoms. The van der Waals surface area contributed by atoms with E-state index in [1.54, 1.807) is 7.11 Å². The lowest BCUT2D eigenvalue weighted by Crippen LogP contribution is -2.26. The van der Waals surface area contributed by atoms with E-state index in [-0.39, 0.29) is 5.91 Å². The van der Waals surface area contributed by atoms with Crippen LogP contribution in [0.2, 0.25) is 0 Å². The van der Waals surface area contributed by atoms with Crippen molar-refractivity contribution in [3.63, 3.8) is 0 Å². The molecular weight excluding hydrogens is 300 g/mol. The van der Waals surface area contributed by atoms with Crippen LogP contribution < -0.4 is 15.0 Å². The van der Waals surface area contributed by atoms with Crippen molar-refractivity contribution in [2.45, 2.75) is 19.3 Å². The maximum Gasteiger partial charge on any atom is 0.224 e. The number of nitrogens with zero attached hydrogens (tertiary/aromatic N) is 1. The lowest BCUT2D eigenvalue weighted by atomic mass is 10.1. The van der Waals surface area contributed by atoms with Gasteiger partial charge >= 0.3 is 0 Å². The number of amides is 1. The molecule has 0 aliphatic heterocycles. The standard InChI is InChI=1S/C20H26N2O2/c1-22(2)18-10-6-16(7-11-18)5-4-14-21-20(23)15-17-8-12-19(24-3)13-9-17/h6-13H,4-5,14-15H2,1-3H3,(H,21,23). The molecule has 0 heterocycles. The van der Waals surface area contributed by atoms with Crippen molar-refractivity contribution in [3.8, 4) is 5.75 Å².